The topological polar surface area (TPSA) is 17.1 Å². The molecule has 1 fully saturated rings. The molecule has 1 atom stereocenters. The lowest BCUT2D eigenvalue weighted by molar-refractivity contribution is -0.137. The lowest BCUT2D eigenvalue weighted by atomic mass is 9.96. The molecule has 4 heteroatoms. The molecule has 0 radical (unpaired) electrons. The molecule has 1 saturated carbocycles. The second kappa shape index (κ2) is 3.92. The van der Waals surface area contributed by atoms with Gasteiger partial charge in [0.05, 0.1) is 5.56 Å². The van der Waals surface area contributed by atoms with Gasteiger partial charge in [-0.15, -0.1) is 0 Å². The van der Waals surface area contributed by atoms with Crippen LogP contribution in [0.25, 0.3) is 0 Å². The van der Waals surface area contributed by atoms with Gasteiger partial charge in [0.15, 0.2) is 0 Å². The fourth-order valence-corrected chi connectivity index (χ4v) is 2.07. The van der Waals surface area contributed by atoms with Gasteiger partial charge in [-0.1, -0.05) is 18.2 Å². The molecule has 0 saturated heterocycles. The molecule has 0 unspecified atom stereocenters. The van der Waals surface area contributed by atoms with Crippen molar-refractivity contribution in [3.8, 4) is 0 Å². The smallest absolute Gasteiger partial charge is 0.300 e. The fraction of sp³-hybridized carbons (Fsp3) is 0.417. The van der Waals surface area contributed by atoms with E-state index in [1.54, 1.807) is 6.07 Å². The Kier molecular flexibility index (Phi) is 2.74. The Hall–Kier alpha value is -1.32. The molecule has 1 aromatic rings. The highest BCUT2D eigenvalue weighted by Gasteiger charge is 2.32. The summed E-state index contributed by atoms with van der Waals surface area (Å²) in [4.78, 5) is 11.1. The SMILES string of the molecule is O=C1CC[C@H](c2cccc(C(F)(F)F)c2)C1. The van der Waals surface area contributed by atoms with Crippen molar-refractivity contribution in [3.63, 3.8) is 0 Å². The van der Waals surface area contributed by atoms with Crippen LogP contribution in [0.3, 0.4) is 0 Å². The normalized spacial score (nSPS) is 21.4. The summed E-state index contributed by atoms with van der Waals surface area (Å²) >= 11 is 0. The van der Waals surface area contributed by atoms with E-state index in [0.717, 1.165) is 12.1 Å². The molecule has 0 N–H and O–H groups in total. The van der Waals surface area contributed by atoms with Crippen LogP contribution in [0.1, 0.15) is 36.3 Å². The zero-order valence-corrected chi connectivity index (χ0v) is 8.55. The van der Waals surface area contributed by atoms with Crippen molar-refractivity contribution in [2.24, 2.45) is 0 Å². The molecule has 2 rings (SSSR count). The highest BCUT2D eigenvalue weighted by Crippen LogP contribution is 2.35. The van der Waals surface area contributed by atoms with Gasteiger partial charge < -0.3 is 0 Å². The summed E-state index contributed by atoms with van der Waals surface area (Å²) in [6.07, 6.45) is -2.78. The van der Waals surface area contributed by atoms with E-state index in [4.69, 9.17) is 0 Å². The number of Topliss-reactive ketones (excluding diaryl/α,β-unsaturated/α-hetero) is 1. The van der Waals surface area contributed by atoms with Crippen LogP contribution in [-0.2, 0) is 11.0 Å². The molecule has 0 amide bonds. The molecule has 0 bridgehead atoms. The Balaban J connectivity index is 2.26. The number of carbonyl (C=O) groups is 1. The van der Waals surface area contributed by atoms with E-state index < -0.39 is 11.7 Å². The minimum atomic E-state index is -4.31. The summed E-state index contributed by atoms with van der Waals surface area (Å²) in [6, 6.07) is 5.28. The lowest BCUT2D eigenvalue weighted by Gasteiger charge is -2.12. The van der Waals surface area contributed by atoms with Crippen LogP contribution in [-0.4, -0.2) is 5.78 Å². The van der Waals surface area contributed by atoms with Crippen LogP contribution in [0.2, 0.25) is 0 Å². The molecular weight excluding hydrogens is 217 g/mol. The number of benzene rings is 1. The van der Waals surface area contributed by atoms with Crippen molar-refractivity contribution >= 4 is 5.78 Å². The molecule has 86 valence electrons. The molecular formula is C12H11F3O. The van der Waals surface area contributed by atoms with Crippen molar-refractivity contribution in [3.05, 3.63) is 35.4 Å². The predicted molar refractivity (Wildman–Crippen MR) is 53.0 cm³/mol. The van der Waals surface area contributed by atoms with E-state index in [0.29, 0.717) is 24.8 Å². The Morgan fingerprint density at radius 1 is 1.25 bits per heavy atom. The zero-order valence-electron chi connectivity index (χ0n) is 8.55. The molecule has 1 aromatic carbocycles. The van der Waals surface area contributed by atoms with Crippen molar-refractivity contribution in [2.75, 3.05) is 0 Å². The number of hydrogen-bond donors (Lipinski definition) is 0. The van der Waals surface area contributed by atoms with Gasteiger partial charge in [0, 0.05) is 12.8 Å². The maximum Gasteiger partial charge on any atom is 0.416 e. The first-order valence-corrected chi connectivity index (χ1v) is 5.15. The molecule has 1 aliphatic rings. The molecule has 0 heterocycles. The number of ketones is 1. The minimum absolute atomic E-state index is 0.0326. The third-order valence-corrected chi connectivity index (χ3v) is 2.93. The molecule has 16 heavy (non-hydrogen) atoms. The van der Waals surface area contributed by atoms with Gasteiger partial charge >= 0.3 is 6.18 Å². The van der Waals surface area contributed by atoms with E-state index in [-0.39, 0.29) is 11.7 Å². The largest absolute Gasteiger partial charge is 0.416 e. The second-order valence-corrected chi connectivity index (χ2v) is 4.10. The van der Waals surface area contributed by atoms with E-state index in [9.17, 15) is 18.0 Å². The maximum absolute atomic E-state index is 12.5. The quantitative estimate of drug-likeness (QED) is 0.718. The highest BCUT2D eigenvalue weighted by atomic mass is 19.4. The molecule has 0 aromatic heterocycles. The standard InChI is InChI=1S/C12H11F3O/c13-12(14,15)10-3-1-2-8(6-10)9-4-5-11(16)7-9/h1-3,6,9H,4-5,7H2/t9-/m0/s1. The third-order valence-electron chi connectivity index (χ3n) is 2.93. The van der Waals surface area contributed by atoms with E-state index >= 15 is 0 Å². The summed E-state index contributed by atoms with van der Waals surface area (Å²) in [7, 11) is 0. The van der Waals surface area contributed by atoms with Gasteiger partial charge in [-0.25, -0.2) is 0 Å². The fourth-order valence-electron chi connectivity index (χ4n) is 2.07. The Morgan fingerprint density at radius 2 is 2.00 bits per heavy atom. The summed E-state index contributed by atoms with van der Waals surface area (Å²) < 4.78 is 37.4. The minimum Gasteiger partial charge on any atom is -0.300 e. The summed E-state index contributed by atoms with van der Waals surface area (Å²) in [6.45, 7) is 0. The van der Waals surface area contributed by atoms with Crippen molar-refractivity contribution in [2.45, 2.75) is 31.4 Å². The number of rotatable bonds is 1. The first-order valence-electron chi connectivity index (χ1n) is 5.15. The first kappa shape index (κ1) is 11.2. The van der Waals surface area contributed by atoms with Crippen LogP contribution < -0.4 is 0 Å². The number of hydrogen-bond acceptors (Lipinski definition) is 1. The number of alkyl halides is 3. The summed E-state index contributed by atoms with van der Waals surface area (Å²) in [5, 5.41) is 0. The van der Waals surface area contributed by atoms with Crippen LogP contribution in [0.4, 0.5) is 13.2 Å². The molecule has 1 nitrogen and oxygen atoms in total. The highest BCUT2D eigenvalue weighted by molar-refractivity contribution is 5.81. The number of halogens is 3. The average Bonchev–Trinajstić information content (AvgIpc) is 2.64. The molecule has 0 aliphatic heterocycles. The van der Waals surface area contributed by atoms with Gasteiger partial charge in [-0.05, 0) is 24.0 Å². The van der Waals surface area contributed by atoms with Gasteiger partial charge in [0.25, 0.3) is 0 Å². The van der Waals surface area contributed by atoms with Gasteiger partial charge in [-0.3, -0.25) is 4.79 Å². The van der Waals surface area contributed by atoms with Crippen molar-refractivity contribution in [1.82, 2.24) is 0 Å². The Morgan fingerprint density at radius 3 is 2.56 bits per heavy atom. The van der Waals surface area contributed by atoms with Gasteiger partial charge in [-0.2, -0.15) is 13.2 Å². The van der Waals surface area contributed by atoms with Crippen LogP contribution in [0.15, 0.2) is 24.3 Å². The van der Waals surface area contributed by atoms with E-state index in [2.05, 4.69) is 0 Å². The van der Waals surface area contributed by atoms with Crippen molar-refractivity contribution < 1.29 is 18.0 Å². The zero-order chi connectivity index (χ0) is 11.8. The predicted octanol–water partition coefficient (Wildman–Crippen LogP) is 3.54. The third kappa shape index (κ3) is 2.26. The lowest BCUT2D eigenvalue weighted by Crippen LogP contribution is -2.06. The Labute approximate surface area is 91.3 Å². The van der Waals surface area contributed by atoms with Crippen LogP contribution in [0, 0.1) is 0 Å². The van der Waals surface area contributed by atoms with E-state index in [1.165, 1.54) is 6.07 Å². The maximum atomic E-state index is 12.5. The van der Waals surface area contributed by atoms with E-state index in [1.807, 2.05) is 0 Å². The van der Waals surface area contributed by atoms with Crippen LogP contribution in [0.5, 0.6) is 0 Å². The average molecular weight is 228 g/mol. The summed E-state index contributed by atoms with van der Waals surface area (Å²) in [5.74, 6) is 0.109. The number of carbonyl (C=O) groups excluding carboxylic acids is 1. The van der Waals surface area contributed by atoms with Gasteiger partial charge in [0.1, 0.15) is 5.78 Å². The summed E-state index contributed by atoms with van der Waals surface area (Å²) in [5.41, 5.74) is -0.00924. The monoisotopic (exact) mass is 228 g/mol. The van der Waals surface area contributed by atoms with Crippen molar-refractivity contribution in [1.29, 1.82) is 0 Å². The molecule has 0 spiro atoms. The second-order valence-electron chi connectivity index (χ2n) is 4.10. The van der Waals surface area contributed by atoms with Crippen LogP contribution >= 0.6 is 0 Å². The van der Waals surface area contributed by atoms with Gasteiger partial charge in [0.2, 0.25) is 0 Å². The Bertz CT molecular complexity index is 409. The molecule has 1 aliphatic carbocycles. The first-order chi connectivity index (χ1) is 7.47.